The number of Topliss-reactive ketones (excluding diaryl/α,β-unsaturated/α-hetero) is 1. The van der Waals surface area contributed by atoms with Crippen molar-refractivity contribution in [1.29, 1.82) is 0 Å². The largest absolute Gasteiger partial charge is 0.427 e. The van der Waals surface area contributed by atoms with Crippen LogP contribution in [0.1, 0.15) is 25.7 Å². The van der Waals surface area contributed by atoms with Crippen LogP contribution in [0.5, 0.6) is 5.75 Å². The van der Waals surface area contributed by atoms with Gasteiger partial charge in [-0.25, -0.2) is 0 Å². The van der Waals surface area contributed by atoms with Gasteiger partial charge in [-0.2, -0.15) is 8.42 Å². The maximum absolute atomic E-state index is 11.6. The van der Waals surface area contributed by atoms with E-state index in [1.54, 1.807) is 30.3 Å². The molecule has 1 unspecified atom stereocenters. The van der Waals surface area contributed by atoms with Crippen LogP contribution < -0.4 is 15.8 Å². The van der Waals surface area contributed by atoms with Crippen molar-refractivity contribution >= 4 is 27.8 Å². The van der Waals surface area contributed by atoms with E-state index in [1.165, 1.54) is 0 Å². The summed E-state index contributed by atoms with van der Waals surface area (Å²) >= 11 is 0. The molecule has 0 aliphatic rings. The Labute approximate surface area is 151 Å². The molecular formula is C16H22N2O7S. The van der Waals surface area contributed by atoms with E-state index in [-0.39, 0.29) is 25.8 Å². The van der Waals surface area contributed by atoms with Gasteiger partial charge < -0.3 is 15.8 Å². The summed E-state index contributed by atoms with van der Waals surface area (Å²) in [6.45, 7) is 0.230. The van der Waals surface area contributed by atoms with E-state index in [4.69, 9.17) is 15.0 Å². The minimum atomic E-state index is -4.35. The first-order valence-corrected chi connectivity index (χ1v) is 9.54. The second-order valence-corrected chi connectivity index (χ2v) is 7.06. The number of rotatable bonds is 11. The third-order valence-corrected chi connectivity index (χ3v) is 4.04. The monoisotopic (exact) mass is 386 g/mol. The molecule has 1 rings (SSSR count). The van der Waals surface area contributed by atoms with Crippen molar-refractivity contribution in [2.24, 2.45) is 5.73 Å². The molecule has 144 valence electrons. The van der Waals surface area contributed by atoms with Crippen LogP contribution in [0.4, 0.5) is 0 Å². The Bertz CT molecular complexity index is 719. The van der Waals surface area contributed by atoms with Gasteiger partial charge in [0.05, 0.1) is 11.8 Å². The van der Waals surface area contributed by atoms with Crippen LogP contribution in [0.15, 0.2) is 30.3 Å². The number of carbonyl (C=O) groups is 3. The molecular weight excluding hydrogens is 364 g/mol. The molecule has 0 spiro atoms. The van der Waals surface area contributed by atoms with E-state index in [1.807, 2.05) is 0 Å². The van der Waals surface area contributed by atoms with Crippen molar-refractivity contribution in [1.82, 2.24) is 5.32 Å². The fourth-order valence-corrected chi connectivity index (χ4v) is 2.60. The smallest absolute Gasteiger partial charge is 0.311 e. The normalized spacial score (nSPS) is 12.2. The molecule has 1 aromatic rings. The van der Waals surface area contributed by atoms with Gasteiger partial charge in [0.15, 0.2) is 5.78 Å². The second-order valence-electron chi connectivity index (χ2n) is 5.56. The molecule has 0 fully saturated rings. The molecule has 9 nitrogen and oxygen atoms in total. The number of amides is 1. The molecule has 0 radical (unpaired) electrons. The zero-order valence-electron chi connectivity index (χ0n) is 14.1. The number of nitrogens with one attached hydrogen (secondary N) is 1. The van der Waals surface area contributed by atoms with Crippen molar-refractivity contribution in [3.05, 3.63) is 30.3 Å². The van der Waals surface area contributed by atoms with Gasteiger partial charge in [0.25, 0.3) is 10.1 Å². The van der Waals surface area contributed by atoms with E-state index >= 15 is 0 Å². The fraction of sp³-hybridized carbons (Fsp3) is 0.438. The summed E-state index contributed by atoms with van der Waals surface area (Å²) in [5, 5.41) is 2.54. The number of ether oxygens (including phenoxy) is 1. The van der Waals surface area contributed by atoms with Crippen molar-refractivity contribution in [3.63, 3.8) is 0 Å². The predicted molar refractivity (Wildman–Crippen MR) is 93.0 cm³/mol. The number of hydrogen-bond acceptors (Lipinski definition) is 7. The van der Waals surface area contributed by atoms with Gasteiger partial charge in [-0.05, 0) is 18.6 Å². The highest BCUT2D eigenvalue weighted by atomic mass is 32.2. The predicted octanol–water partition coefficient (Wildman–Crippen LogP) is 0.0528. The number of ketones is 1. The molecule has 10 heteroatoms. The molecule has 0 saturated heterocycles. The zero-order valence-corrected chi connectivity index (χ0v) is 14.9. The Morgan fingerprint density at radius 2 is 1.77 bits per heavy atom. The average molecular weight is 386 g/mol. The van der Waals surface area contributed by atoms with E-state index in [2.05, 4.69) is 5.32 Å². The molecule has 1 aromatic carbocycles. The molecule has 0 saturated carbocycles. The molecule has 0 heterocycles. The number of esters is 1. The molecule has 26 heavy (non-hydrogen) atoms. The maximum Gasteiger partial charge on any atom is 0.311 e. The maximum atomic E-state index is 11.6. The van der Waals surface area contributed by atoms with Crippen molar-refractivity contribution in [3.8, 4) is 5.75 Å². The highest BCUT2D eigenvalue weighted by molar-refractivity contribution is 7.85. The van der Waals surface area contributed by atoms with Crippen molar-refractivity contribution in [2.45, 2.75) is 31.7 Å². The van der Waals surface area contributed by atoms with E-state index in [0.717, 1.165) is 0 Å². The van der Waals surface area contributed by atoms with Crippen LogP contribution in [-0.4, -0.2) is 49.0 Å². The Kier molecular flexibility index (Phi) is 8.90. The summed E-state index contributed by atoms with van der Waals surface area (Å²) in [6, 6.07) is 7.23. The topological polar surface area (TPSA) is 153 Å². The van der Waals surface area contributed by atoms with Crippen LogP contribution in [0, 0.1) is 0 Å². The van der Waals surface area contributed by atoms with Gasteiger partial charge in [0.2, 0.25) is 5.91 Å². The van der Waals surface area contributed by atoms with Gasteiger partial charge in [-0.3, -0.25) is 18.9 Å². The van der Waals surface area contributed by atoms with Crippen LogP contribution in [0.2, 0.25) is 0 Å². The van der Waals surface area contributed by atoms with Crippen molar-refractivity contribution in [2.75, 3.05) is 12.3 Å². The van der Waals surface area contributed by atoms with Crippen LogP contribution in [0.3, 0.4) is 0 Å². The average Bonchev–Trinajstić information content (AvgIpc) is 2.56. The first kappa shape index (κ1) is 21.7. The summed E-state index contributed by atoms with van der Waals surface area (Å²) in [6.07, 6.45) is 0.0893. The van der Waals surface area contributed by atoms with Crippen LogP contribution >= 0.6 is 0 Å². The lowest BCUT2D eigenvalue weighted by atomic mass is 10.1. The third-order valence-electron chi connectivity index (χ3n) is 3.26. The Morgan fingerprint density at radius 1 is 1.12 bits per heavy atom. The molecule has 0 aliphatic heterocycles. The third kappa shape index (κ3) is 9.87. The zero-order chi connectivity index (χ0) is 19.6. The Morgan fingerprint density at radius 3 is 2.38 bits per heavy atom. The molecule has 1 atom stereocenters. The van der Waals surface area contributed by atoms with E-state index in [0.29, 0.717) is 12.2 Å². The van der Waals surface area contributed by atoms with Gasteiger partial charge >= 0.3 is 5.97 Å². The van der Waals surface area contributed by atoms with Crippen molar-refractivity contribution < 1.29 is 32.1 Å². The van der Waals surface area contributed by atoms with Crippen LogP contribution in [0.25, 0.3) is 0 Å². The number of para-hydroxylation sites is 1. The molecule has 1 amide bonds. The highest BCUT2D eigenvalue weighted by Gasteiger charge is 2.20. The van der Waals surface area contributed by atoms with Crippen LogP contribution in [-0.2, 0) is 24.5 Å². The van der Waals surface area contributed by atoms with E-state index < -0.39 is 39.6 Å². The minimum Gasteiger partial charge on any atom is -0.427 e. The molecule has 0 aromatic heterocycles. The fourth-order valence-electron chi connectivity index (χ4n) is 1.96. The standard InChI is InChI=1S/C16H22N2O7S/c17-13(11-26(22,23)24)14(19)8-9-15(20)18-10-4-7-16(21)25-12-5-2-1-3-6-12/h1-3,5-6,13H,4,7-11,17H2,(H,18,20)(H,22,23,24). The second kappa shape index (κ2) is 10.6. The summed E-state index contributed by atoms with van der Waals surface area (Å²) in [5.74, 6) is -1.91. The lowest BCUT2D eigenvalue weighted by Crippen LogP contribution is -2.38. The summed E-state index contributed by atoms with van der Waals surface area (Å²) in [4.78, 5) is 34.8. The van der Waals surface area contributed by atoms with Gasteiger partial charge in [-0.15, -0.1) is 0 Å². The number of carbonyl (C=O) groups excluding carboxylic acids is 3. The van der Waals surface area contributed by atoms with Gasteiger partial charge in [0.1, 0.15) is 5.75 Å². The van der Waals surface area contributed by atoms with Gasteiger partial charge in [-0.1, -0.05) is 18.2 Å². The highest BCUT2D eigenvalue weighted by Crippen LogP contribution is 2.09. The minimum absolute atomic E-state index is 0.118. The number of nitrogens with two attached hydrogens (primary N) is 1. The SMILES string of the molecule is NC(CS(=O)(=O)O)C(=O)CCC(=O)NCCCC(=O)Oc1ccccc1. The Hall–Kier alpha value is -2.30. The number of hydrogen-bond donors (Lipinski definition) is 3. The quantitative estimate of drug-likeness (QED) is 0.209. The molecule has 0 bridgehead atoms. The lowest BCUT2D eigenvalue weighted by Gasteiger charge is -2.09. The first-order valence-electron chi connectivity index (χ1n) is 7.93. The summed E-state index contributed by atoms with van der Waals surface area (Å²) in [7, 11) is -4.35. The van der Waals surface area contributed by atoms with Gasteiger partial charge in [0, 0.05) is 25.8 Å². The summed E-state index contributed by atoms with van der Waals surface area (Å²) < 4.78 is 35.0. The molecule has 0 aliphatic carbocycles. The summed E-state index contributed by atoms with van der Waals surface area (Å²) in [5.41, 5.74) is 5.34. The Balaban J connectivity index is 2.16. The first-order chi connectivity index (χ1) is 12.2. The lowest BCUT2D eigenvalue weighted by molar-refractivity contribution is -0.134. The van der Waals surface area contributed by atoms with E-state index in [9.17, 15) is 22.8 Å². The number of benzene rings is 1. The molecule has 4 N–H and O–H groups in total.